The summed E-state index contributed by atoms with van der Waals surface area (Å²) in [4.78, 5) is 6.69. The number of methoxy groups -OCH3 is 2. The lowest BCUT2D eigenvalue weighted by Gasteiger charge is -2.37. The third-order valence-electron chi connectivity index (χ3n) is 4.92. The summed E-state index contributed by atoms with van der Waals surface area (Å²) < 4.78 is 22.5. The summed E-state index contributed by atoms with van der Waals surface area (Å²) in [5.41, 5.74) is 1.05. The second kappa shape index (κ2) is 9.09. The van der Waals surface area contributed by atoms with Crippen molar-refractivity contribution in [2.24, 2.45) is 4.99 Å². The Kier molecular flexibility index (Phi) is 6.57. The molecule has 3 rings (SSSR count). The fraction of sp³-hybridized carbons (Fsp3) is 0.632. The minimum absolute atomic E-state index is 0.111. The monoisotopic (exact) mass is 363 g/mol. The number of aliphatic imine (C=N–C) groups is 1. The highest BCUT2D eigenvalue weighted by molar-refractivity contribution is 5.80. The zero-order valence-electron chi connectivity index (χ0n) is 15.9. The standard InChI is InChI=1S/C19H29N3O4/c1-20-19(21-12-14-6-7-15(23-2)11-17(14)24-3)22-8-10-26-18(13-22)16-5-4-9-25-16/h6-7,11,16,18H,4-5,8-10,12-13H2,1-3H3,(H,20,21). The van der Waals surface area contributed by atoms with E-state index in [-0.39, 0.29) is 12.2 Å². The molecule has 0 spiro atoms. The van der Waals surface area contributed by atoms with Crippen molar-refractivity contribution in [2.45, 2.75) is 31.6 Å². The Morgan fingerprint density at radius 2 is 2.08 bits per heavy atom. The molecule has 144 valence electrons. The highest BCUT2D eigenvalue weighted by Gasteiger charge is 2.32. The number of nitrogens with zero attached hydrogens (tertiary/aromatic N) is 2. The number of benzene rings is 1. The number of morpholine rings is 1. The van der Waals surface area contributed by atoms with Crippen molar-refractivity contribution in [3.8, 4) is 11.5 Å². The molecule has 0 saturated carbocycles. The number of hydrogen-bond acceptors (Lipinski definition) is 5. The van der Waals surface area contributed by atoms with Crippen LogP contribution in [0.1, 0.15) is 18.4 Å². The molecule has 2 atom stereocenters. The molecule has 1 N–H and O–H groups in total. The molecule has 0 amide bonds. The minimum Gasteiger partial charge on any atom is -0.497 e. The van der Waals surface area contributed by atoms with Crippen LogP contribution in [0.25, 0.3) is 0 Å². The van der Waals surface area contributed by atoms with Crippen LogP contribution in [-0.2, 0) is 16.0 Å². The van der Waals surface area contributed by atoms with Gasteiger partial charge < -0.3 is 29.2 Å². The normalized spacial score (nSPS) is 23.8. The van der Waals surface area contributed by atoms with Gasteiger partial charge in [-0.15, -0.1) is 0 Å². The van der Waals surface area contributed by atoms with E-state index in [0.717, 1.165) is 55.6 Å². The molecule has 2 unspecified atom stereocenters. The van der Waals surface area contributed by atoms with Gasteiger partial charge in [-0.25, -0.2) is 0 Å². The van der Waals surface area contributed by atoms with Gasteiger partial charge in [-0.2, -0.15) is 0 Å². The molecule has 2 fully saturated rings. The molecule has 0 aliphatic carbocycles. The number of nitrogens with one attached hydrogen (secondary N) is 1. The molecule has 2 aliphatic heterocycles. The van der Waals surface area contributed by atoms with Crippen molar-refractivity contribution >= 4 is 5.96 Å². The lowest BCUT2D eigenvalue weighted by Crippen LogP contribution is -2.53. The van der Waals surface area contributed by atoms with Gasteiger partial charge in [-0.05, 0) is 25.0 Å². The van der Waals surface area contributed by atoms with Gasteiger partial charge in [0.1, 0.15) is 17.6 Å². The van der Waals surface area contributed by atoms with Crippen molar-refractivity contribution in [1.29, 1.82) is 0 Å². The summed E-state index contributed by atoms with van der Waals surface area (Å²) in [6.45, 7) is 3.78. The van der Waals surface area contributed by atoms with Crippen molar-refractivity contribution < 1.29 is 18.9 Å². The highest BCUT2D eigenvalue weighted by Crippen LogP contribution is 2.25. The molecule has 0 aromatic heterocycles. The highest BCUT2D eigenvalue weighted by atomic mass is 16.5. The summed E-state index contributed by atoms with van der Waals surface area (Å²) in [6, 6.07) is 5.83. The fourth-order valence-corrected chi connectivity index (χ4v) is 3.49. The second-order valence-corrected chi connectivity index (χ2v) is 6.49. The summed E-state index contributed by atoms with van der Waals surface area (Å²) >= 11 is 0. The van der Waals surface area contributed by atoms with Gasteiger partial charge in [-0.3, -0.25) is 4.99 Å². The maximum atomic E-state index is 5.93. The molecular formula is C19H29N3O4. The predicted molar refractivity (Wildman–Crippen MR) is 100 cm³/mol. The van der Waals surface area contributed by atoms with Crippen molar-refractivity contribution in [3.05, 3.63) is 23.8 Å². The lowest BCUT2D eigenvalue weighted by atomic mass is 10.1. The molecule has 1 aromatic rings. The van der Waals surface area contributed by atoms with E-state index in [1.165, 1.54) is 0 Å². The van der Waals surface area contributed by atoms with Crippen LogP contribution in [0.4, 0.5) is 0 Å². The molecule has 0 bridgehead atoms. The van der Waals surface area contributed by atoms with E-state index < -0.39 is 0 Å². The Bertz CT molecular complexity index is 617. The first kappa shape index (κ1) is 18.8. The Hall–Kier alpha value is -1.99. The van der Waals surface area contributed by atoms with E-state index in [2.05, 4.69) is 15.2 Å². The van der Waals surface area contributed by atoms with Gasteiger partial charge in [0.05, 0.1) is 26.9 Å². The van der Waals surface area contributed by atoms with Crippen molar-refractivity contribution in [2.75, 3.05) is 47.6 Å². The van der Waals surface area contributed by atoms with E-state index in [4.69, 9.17) is 18.9 Å². The average molecular weight is 363 g/mol. The van der Waals surface area contributed by atoms with Crippen LogP contribution in [0.15, 0.2) is 23.2 Å². The van der Waals surface area contributed by atoms with E-state index in [1.807, 2.05) is 25.2 Å². The van der Waals surface area contributed by atoms with Gasteiger partial charge in [0, 0.05) is 44.9 Å². The Morgan fingerprint density at radius 1 is 1.23 bits per heavy atom. The third-order valence-corrected chi connectivity index (χ3v) is 4.92. The van der Waals surface area contributed by atoms with Crippen molar-refractivity contribution in [3.63, 3.8) is 0 Å². The topological polar surface area (TPSA) is 64.6 Å². The Labute approximate surface area is 155 Å². The van der Waals surface area contributed by atoms with Gasteiger partial charge in [-0.1, -0.05) is 0 Å². The van der Waals surface area contributed by atoms with Gasteiger partial charge >= 0.3 is 0 Å². The quantitative estimate of drug-likeness (QED) is 0.634. The number of hydrogen-bond donors (Lipinski definition) is 1. The minimum atomic E-state index is 0.111. The fourth-order valence-electron chi connectivity index (χ4n) is 3.49. The molecule has 2 saturated heterocycles. The maximum absolute atomic E-state index is 5.93. The van der Waals surface area contributed by atoms with Gasteiger partial charge in [0.25, 0.3) is 0 Å². The molecular weight excluding hydrogens is 334 g/mol. The first-order valence-corrected chi connectivity index (χ1v) is 9.15. The van der Waals surface area contributed by atoms with Crippen LogP contribution in [0.3, 0.4) is 0 Å². The van der Waals surface area contributed by atoms with Crippen LogP contribution < -0.4 is 14.8 Å². The summed E-state index contributed by atoms with van der Waals surface area (Å²) in [5, 5.41) is 3.44. The summed E-state index contributed by atoms with van der Waals surface area (Å²) in [6.07, 6.45) is 2.51. The third kappa shape index (κ3) is 4.40. The van der Waals surface area contributed by atoms with Gasteiger partial charge in [0.2, 0.25) is 0 Å². The van der Waals surface area contributed by atoms with E-state index in [9.17, 15) is 0 Å². The number of rotatable bonds is 5. The van der Waals surface area contributed by atoms with Gasteiger partial charge in [0.15, 0.2) is 5.96 Å². The number of ether oxygens (including phenoxy) is 4. The van der Waals surface area contributed by atoms with Crippen LogP contribution >= 0.6 is 0 Å². The molecule has 2 heterocycles. The Balaban J connectivity index is 1.61. The van der Waals surface area contributed by atoms with Crippen LogP contribution in [0.5, 0.6) is 11.5 Å². The SMILES string of the molecule is CN=C(NCc1ccc(OC)cc1OC)N1CCOC(C2CCCO2)C1. The van der Waals surface area contributed by atoms with Crippen LogP contribution in [0, 0.1) is 0 Å². The van der Waals surface area contributed by atoms with Crippen LogP contribution in [0.2, 0.25) is 0 Å². The molecule has 7 nitrogen and oxygen atoms in total. The predicted octanol–water partition coefficient (Wildman–Crippen LogP) is 1.66. The zero-order valence-corrected chi connectivity index (χ0v) is 15.9. The smallest absolute Gasteiger partial charge is 0.194 e. The molecule has 2 aliphatic rings. The second-order valence-electron chi connectivity index (χ2n) is 6.49. The Morgan fingerprint density at radius 3 is 2.77 bits per heavy atom. The zero-order chi connectivity index (χ0) is 18.4. The first-order chi connectivity index (χ1) is 12.7. The summed E-state index contributed by atoms with van der Waals surface area (Å²) in [7, 11) is 5.13. The van der Waals surface area contributed by atoms with E-state index >= 15 is 0 Å². The maximum Gasteiger partial charge on any atom is 0.194 e. The lowest BCUT2D eigenvalue weighted by molar-refractivity contribution is -0.0817. The molecule has 0 radical (unpaired) electrons. The van der Waals surface area contributed by atoms with Crippen molar-refractivity contribution in [1.82, 2.24) is 10.2 Å². The molecule has 1 aromatic carbocycles. The first-order valence-electron chi connectivity index (χ1n) is 9.15. The average Bonchev–Trinajstić information content (AvgIpc) is 3.23. The largest absolute Gasteiger partial charge is 0.497 e. The summed E-state index contributed by atoms with van der Waals surface area (Å²) in [5.74, 6) is 2.45. The molecule has 7 heteroatoms. The number of guanidine groups is 1. The van der Waals surface area contributed by atoms with E-state index in [1.54, 1.807) is 14.2 Å². The molecule has 26 heavy (non-hydrogen) atoms. The van der Waals surface area contributed by atoms with Crippen LogP contribution in [-0.4, -0.2) is 70.6 Å². The van der Waals surface area contributed by atoms with E-state index in [0.29, 0.717) is 13.2 Å².